The van der Waals surface area contributed by atoms with Gasteiger partial charge >= 0.3 is 0 Å². The Hall–Kier alpha value is -2.30. The maximum Gasteiger partial charge on any atom is 0.127 e. The number of thiophene rings is 2. The van der Waals surface area contributed by atoms with Gasteiger partial charge in [0.15, 0.2) is 0 Å². The van der Waals surface area contributed by atoms with Crippen LogP contribution in [0.4, 0.5) is 0 Å². The van der Waals surface area contributed by atoms with Gasteiger partial charge in [-0.2, -0.15) is 0 Å². The van der Waals surface area contributed by atoms with E-state index < -0.39 is 0 Å². The molecule has 2 aromatic heterocycles. The van der Waals surface area contributed by atoms with Crippen molar-refractivity contribution in [2.24, 2.45) is 0 Å². The average molecular weight is 411 g/mol. The van der Waals surface area contributed by atoms with Crippen LogP contribution >= 0.6 is 22.7 Å². The number of ether oxygens (including phenoxy) is 2. The SMILES string of the molecule is CC(C)Oc1cc(C=Cc2cccs2)c(OC(C)C)cc1C=Cc1cccs1. The van der Waals surface area contributed by atoms with Crippen LogP contribution in [0.3, 0.4) is 0 Å². The van der Waals surface area contributed by atoms with Crippen LogP contribution in [0.15, 0.2) is 47.2 Å². The third-order valence-corrected chi connectivity index (χ3v) is 5.48. The van der Waals surface area contributed by atoms with Crippen LogP contribution in [0.2, 0.25) is 0 Å². The molecule has 0 aliphatic carbocycles. The molecular formula is C24H26O2S2. The van der Waals surface area contributed by atoms with E-state index in [9.17, 15) is 0 Å². The highest BCUT2D eigenvalue weighted by molar-refractivity contribution is 7.11. The first-order valence-electron chi connectivity index (χ1n) is 9.46. The van der Waals surface area contributed by atoms with Gasteiger partial charge in [-0.1, -0.05) is 12.1 Å². The summed E-state index contributed by atoms with van der Waals surface area (Å²) >= 11 is 3.44. The highest BCUT2D eigenvalue weighted by Gasteiger charge is 2.12. The maximum atomic E-state index is 6.12. The van der Waals surface area contributed by atoms with Crippen molar-refractivity contribution in [3.63, 3.8) is 0 Å². The Morgan fingerprint density at radius 1 is 0.679 bits per heavy atom. The topological polar surface area (TPSA) is 18.5 Å². The molecule has 0 amide bonds. The summed E-state index contributed by atoms with van der Waals surface area (Å²) in [4.78, 5) is 2.42. The lowest BCUT2D eigenvalue weighted by Gasteiger charge is -2.18. The molecule has 0 radical (unpaired) electrons. The summed E-state index contributed by atoms with van der Waals surface area (Å²) in [7, 11) is 0. The normalized spacial score (nSPS) is 11.9. The predicted octanol–water partition coefficient (Wildman–Crippen LogP) is 7.72. The van der Waals surface area contributed by atoms with Crippen molar-refractivity contribution in [1.82, 2.24) is 0 Å². The van der Waals surface area contributed by atoms with Crippen molar-refractivity contribution < 1.29 is 9.47 Å². The molecule has 3 aromatic rings. The van der Waals surface area contributed by atoms with Gasteiger partial charge < -0.3 is 9.47 Å². The first-order valence-corrected chi connectivity index (χ1v) is 11.2. The molecule has 0 spiro atoms. The molecule has 3 rings (SSSR count). The zero-order valence-corrected chi connectivity index (χ0v) is 18.3. The highest BCUT2D eigenvalue weighted by atomic mass is 32.1. The van der Waals surface area contributed by atoms with E-state index in [0.717, 1.165) is 22.6 Å². The van der Waals surface area contributed by atoms with Gasteiger partial charge in [0, 0.05) is 20.9 Å². The highest BCUT2D eigenvalue weighted by Crippen LogP contribution is 2.33. The van der Waals surface area contributed by atoms with E-state index in [2.05, 4.69) is 71.5 Å². The maximum absolute atomic E-state index is 6.12. The van der Waals surface area contributed by atoms with Gasteiger partial charge in [0.05, 0.1) is 12.2 Å². The average Bonchev–Trinajstić information content (AvgIpc) is 3.33. The fourth-order valence-electron chi connectivity index (χ4n) is 2.68. The lowest BCUT2D eigenvalue weighted by atomic mass is 10.1. The van der Waals surface area contributed by atoms with Crippen LogP contribution < -0.4 is 9.47 Å². The molecule has 0 N–H and O–H groups in total. The Labute approximate surface area is 175 Å². The summed E-state index contributed by atoms with van der Waals surface area (Å²) in [6.45, 7) is 8.19. The monoisotopic (exact) mass is 410 g/mol. The first kappa shape index (κ1) is 20.4. The summed E-state index contributed by atoms with van der Waals surface area (Å²) in [6.07, 6.45) is 8.63. The van der Waals surface area contributed by atoms with Crippen molar-refractivity contribution in [3.8, 4) is 11.5 Å². The van der Waals surface area contributed by atoms with E-state index in [1.807, 2.05) is 27.7 Å². The van der Waals surface area contributed by atoms with Crippen LogP contribution in [0, 0.1) is 0 Å². The van der Waals surface area contributed by atoms with E-state index in [1.54, 1.807) is 22.7 Å². The smallest absolute Gasteiger partial charge is 0.127 e. The van der Waals surface area contributed by atoms with Crippen LogP contribution in [-0.4, -0.2) is 12.2 Å². The zero-order chi connectivity index (χ0) is 19.9. The van der Waals surface area contributed by atoms with Gasteiger partial charge in [-0.25, -0.2) is 0 Å². The minimum Gasteiger partial charge on any atom is -0.490 e. The number of hydrogen-bond acceptors (Lipinski definition) is 4. The fourth-order valence-corrected chi connectivity index (χ4v) is 3.92. The second-order valence-corrected chi connectivity index (χ2v) is 8.92. The molecule has 0 saturated heterocycles. The number of rotatable bonds is 8. The largest absolute Gasteiger partial charge is 0.490 e. The Morgan fingerprint density at radius 3 is 1.43 bits per heavy atom. The van der Waals surface area contributed by atoms with E-state index in [-0.39, 0.29) is 12.2 Å². The molecule has 0 aliphatic rings. The number of benzene rings is 1. The fraction of sp³-hybridized carbons (Fsp3) is 0.250. The molecule has 0 saturated carbocycles. The minimum atomic E-state index is 0.0971. The van der Waals surface area contributed by atoms with E-state index in [0.29, 0.717) is 0 Å². The molecule has 0 unspecified atom stereocenters. The van der Waals surface area contributed by atoms with Crippen LogP contribution in [0.1, 0.15) is 48.6 Å². The molecule has 0 bridgehead atoms. The third-order valence-electron chi connectivity index (χ3n) is 3.81. The standard InChI is InChI=1S/C24H26O2S2/c1-17(2)25-23-15-20(10-12-22-8-6-14-28-22)24(26-18(3)4)16-19(23)9-11-21-7-5-13-27-21/h5-18H,1-4H3. The van der Waals surface area contributed by atoms with Crippen molar-refractivity contribution >= 4 is 47.0 Å². The molecule has 1 aromatic carbocycles. The molecule has 0 aliphatic heterocycles. The number of hydrogen-bond donors (Lipinski definition) is 0. The quantitative estimate of drug-likeness (QED) is 0.378. The van der Waals surface area contributed by atoms with Gasteiger partial charge in [0.2, 0.25) is 0 Å². The van der Waals surface area contributed by atoms with Gasteiger partial charge in [-0.05, 0) is 87.0 Å². The molecule has 2 heterocycles. The van der Waals surface area contributed by atoms with Crippen LogP contribution in [0.25, 0.3) is 24.3 Å². The van der Waals surface area contributed by atoms with Crippen molar-refractivity contribution in [1.29, 1.82) is 0 Å². The predicted molar refractivity (Wildman–Crippen MR) is 124 cm³/mol. The van der Waals surface area contributed by atoms with Gasteiger partial charge in [-0.15, -0.1) is 22.7 Å². The molecule has 0 fully saturated rings. The molecule has 4 heteroatoms. The summed E-state index contributed by atoms with van der Waals surface area (Å²) in [5.41, 5.74) is 2.04. The lowest BCUT2D eigenvalue weighted by Crippen LogP contribution is -2.09. The Kier molecular flexibility index (Phi) is 7.12. The van der Waals surface area contributed by atoms with Crippen molar-refractivity contribution in [2.45, 2.75) is 39.9 Å². The van der Waals surface area contributed by atoms with Crippen molar-refractivity contribution in [2.75, 3.05) is 0 Å². The summed E-state index contributed by atoms with van der Waals surface area (Å²) in [5.74, 6) is 1.73. The van der Waals surface area contributed by atoms with Crippen molar-refractivity contribution in [3.05, 3.63) is 68.0 Å². The Bertz CT molecular complexity index is 840. The molecular weight excluding hydrogens is 384 g/mol. The van der Waals surface area contributed by atoms with Crippen LogP contribution in [-0.2, 0) is 0 Å². The second-order valence-electron chi connectivity index (χ2n) is 6.96. The summed E-state index contributed by atoms with van der Waals surface area (Å²) in [5, 5.41) is 4.16. The Morgan fingerprint density at radius 2 is 1.11 bits per heavy atom. The van der Waals surface area contributed by atoms with Gasteiger partial charge in [0.1, 0.15) is 11.5 Å². The third kappa shape index (κ3) is 5.85. The van der Waals surface area contributed by atoms with E-state index in [1.165, 1.54) is 9.75 Å². The van der Waals surface area contributed by atoms with E-state index >= 15 is 0 Å². The summed E-state index contributed by atoms with van der Waals surface area (Å²) < 4.78 is 12.2. The lowest BCUT2D eigenvalue weighted by molar-refractivity contribution is 0.234. The second kappa shape index (κ2) is 9.76. The Balaban J connectivity index is 2.02. The molecule has 28 heavy (non-hydrogen) atoms. The van der Waals surface area contributed by atoms with E-state index in [4.69, 9.17) is 9.47 Å². The molecule has 146 valence electrons. The summed E-state index contributed by atoms with van der Waals surface area (Å²) in [6, 6.07) is 12.5. The van der Waals surface area contributed by atoms with Crippen LogP contribution in [0.5, 0.6) is 11.5 Å². The van der Waals surface area contributed by atoms with Gasteiger partial charge in [-0.3, -0.25) is 0 Å². The molecule has 0 atom stereocenters. The minimum absolute atomic E-state index is 0.0971. The first-order chi connectivity index (χ1) is 13.5. The van der Waals surface area contributed by atoms with Gasteiger partial charge in [0.25, 0.3) is 0 Å². The zero-order valence-electron chi connectivity index (χ0n) is 16.7. The molecule has 2 nitrogen and oxygen atoms in total.